The zero-order valence-electron chi connectivity index (χ0n) is 12.1. The van der Waals surface area contributed by atoms with Crippen LogP contribution in [0.25, 0.3) is 0 Å². The molecule has 6 nitrogen and oxygen atoms in total. The molecular formula is C14H19NO5. The quantitative estimate of drug-likeness (QED) is 0.742. The highest BCUT2D eigenvalue weighted by atomic mass is 16.5. The second-order valence-electron chi connectivity index (χ2n) is 3.98. The number of hydrogen-bond donors (Lipinski definition) is 0. The summed E-state index contributed by atoms with van der Waals surface area (Å²) < 4.78 is 14.9. The second kappa shape index (κ2) is 7.47. The van der Waals surface area contributed by atoms with Gasteiger partial charge in [-0.1, -0.05) is 0 Å². The zero-order valence-corrected chi connectivity index (χ0v) is 12.1. The van der Waals surface area contributed by atoms with Gasteiger partial charge in [-0.15, -0.1) is 0 Å². The van der Waals surface area contributed by atoms with Crippen LogP contribution >= 0.6 is 0 Å². The van der Waals surface area contributed by atoms with Crippen molar-refractivity contribution in [1.82, 2.24) is 4.98 Å². The molecule has 20 heavy (non-hydrogen) atoms. The highest BCUT2D eigenvalue weighted by Crippen LogP contribution is 2.23. The highest BCUT2D eigenvalue weighted by Gasteiger charge is 2.25. The average Bonchev–Trinajstić information content (AvgIpc) is 2.46. The second-order valence-corrected chi connectivity index (χ2v) is 3.98. The predicted molar refractivity (Wildman–Crippen MR) is 71.8 cm³/mol. The summed E-state index contributed by atoms with van der Waals surface area (Å²) in [6, 6.07) is 3.09. The van der Waals surface area contributed by atoms with E-state index < -0.39 is 17.9 Å². The predicted octanol–water partition coefficient (Wildman–Crippen LogP) is 1.93. The van der Waals surface area contributed by atoms with E-state index in [1.807, 2.05) is 0 Å². The van der Waals surface area contributed by atoms with E-state index in [9.17, 15) is 9.59 Å². The molecule has 0 radical (unpaired) electrons. The number of carbonyl (C=O) groups is 2. The third-order valence-corrected chi connectivity index (χ3v) is 2.65. The van der Waals surface area contributed by atoms with Gasteiger partial charge < -0.3 is 14.2 Å². The van der Waals surface area contributed by atoms with Crippen LogP contribution < -0.4 is 4.74 Å². The van der Waals surface area contributed by atoms with Crippen LogP contribution in [0.15, 0.2) is 12.1 Å². The lowest BCUT2D eigenvalue weighted by atomic mass is 10.0. The number of methoxy groups -OCH3 is 1. The molecule has 0 N–H and O–H groups in total. The number of carbonyl (C=O) groups excluding carboxylic acids is 2. The van der Waals surface area contributed by atoms with Gasteiger partial charge in [-0.3, -0.25) is 4.79 Å². The van der Waals surface area contributed by atoms with Crippen LogP contribution in [0, 0.1) is 0 Å². The molecular weight excluding hydrogens is 262 g/mol. The van der Waals surface area contributed by atoms with Gasteiger partial charge in [-0.05, 0) is 26.8 Å². The number of ether oxygens (including phenoxy) is 3. The fourth-order valence-electron chi connectivity index (χ4n) is 1.66. The Balaban J connectivity index is 3.18. The molecule has 0 fully saturated rings. The lowest BCUT2D eigenvalue weighted by Crippen LogP contribution is -2.19. The van der Waals surface area contributed by atoms with Crippen molar-refractivity contribution in [2.24, 2.45) is 0 Å². The zero-order chi connectivity index (χ0) is 15.1. The van der Waals surface area contributed by atoms with Crippen molar-refractivity contribution in [3.05, 3.63) is 23.4 Å². The van der Waals surface area contributed by atoms with Gasteiger partial charge in [0.15, 0.2) is 0 Å². The molecule has 0 aliphatic heterocycles. The van der Waals surface area contributed by atoms with Crippen LogP contribution in [-0.4, -0.2) is 37.2 Å². The largest absolute Gasteiger partial charge is 0.481 e. The van der Waals surface area contributed by atoms with Crippen LogP contribution in [0.2, 0.25) is 0 Å². The smallest absolute Gasteiger partial charge is 0.340 e. The van der Waals surface area contributed by atoms with Crippen LogP contribution in [0.1, 0.15) is 42.7 Å². The first kappa shape index (κ1) is 15.9. The molecule has 0 bridgehead atoms. The number of esters is 2. The van der Waals surface area contributed by atoms with E-state index in [2.05, 4.69) is 4.98 Å². The van der Waals surface area contributed by atoms with Gasteiger partial charge in [0.05, 0.1) is 37.5 Å². The Bertz CT molecular complexity index is 486. The van der Waals surface area contributed by atoms with E-state index in [-0.39, 0.29) is 18.8 Å². The van der Waals surface area contributed by atoms with Gasteiger partial charge >= 0.3 is 11.9 Å². The van der Waals surface area contributed by atoms with Crippen molar-refractivity contribution in [2.45, 2.75) is 26.7 Å². The Hall–Kier alpha value is -2.11. The SMILES string of the molecule is CCOC(=O)c1ccc(OC)nc1C(C)C(=O)OCC. The van der Waals surface area contributed by atoms with Gasteiger partial charge in [0.2, 0.25) is 5.88 Å². The van der Waals surface area contributed by atoms with Crippen LogP contribution in [0.4, 0.5) is 0 Å². The maximum absolute atomic E-state index is 11.9. The molecule has 0 aliphatic carbocycles. The molecule has 0 aliphatic rings. The fraction of sp³-hybridized carbons (Fsp3) is 0.500. The summed E-state index contributed by atoms with van der Waals surface area (Å²) >= 11 is 0. The third-order valence-electron chi connectivity index (χ3n) is 2.65. The van der Waals surface area contributed by atoms with Gasteiger partial charge in [0.1, 0.15) is 0 Å². The number of rotatable bonds is 6. The first-order chi connectivity index (χ1) is 9.54. The maximum Gasteiger partial charge on any atom is 0.340 e. The van der Waals surface area contributed by atoms with Crippen molar-refractivity contribution in [3.63, 3.8) is 0 Å². The molecule has 0 saturated heterocycles. The molecule has 1 aromatic heterocycles. The molecule has 0 saturated carbocycles. The van der Waals surface area contributed by atoms with Gasteiger partial charge in [-0.2, -0.15) is 0 Å². The van der Waals surface area contributed by atoms with Crippen molar-refractivity contribution in [1.29, 1.82) is 0 Å². The standard InChI is InChI=1S/C14H19NO5/c1-5-19-13(16)9(3)12-10(14(17)20-6-2)7-8-11(15-12)18-4/h7-9H,5-6H2,1-4H3. The Labute approximate surface area is 118 Å². The number of hydrogen-bond acceptors (Lipinski definition) is 6. The van der Waals surface area contributed by atoms with E-state index in [0.717, 1.165) is 0 Å². The molecule has 1 rings (SSSR count). The van der Waals surface area contributed by atoms with Crippen LogP contribution in [0.3, 0.4) is 0 Å². The number of aromatic nitrogens is 1. The Morgan fingerprint density at radius 2 is 1.85 bits per heavy atom. The number of pyridine rings is 1. The van der Waals surface area contributed by atoms with Crippen molar-refractivity contribution < 1.29 is 23.8 Å². The Morgan fingerprint density at radius 1 is 1.20 bits per heavy atom. The molecule has 0 spiro atoms. The van der Waals surface area contributed by atoms with E-state index in [1.165, 1.54) is 13.2 Å². The third kappa shape index (κ3) is 3.69. The molecule has 1 atom stereocenters. The van der Waals surface area contributed by atoms with E-state index >= 15 is 0 Å². The summed E-state index contributed by atoms with van der Waals surface area (Å²) in [4.78, 5) is 27.9. The van der Waals surface area contributed by atoms with Gasteiger partial charge in [-0.25, -0.2) is 9.78 Å². The van der Waals surface area contributed by atoms with Crippen molar-refractivity contribution >= 4 is 11.9 Å². The van der Waals surface area contributed by atoms with E-state index in [4.69, 9.17) is 14.2 Å². The Kier molecular flexibility index (Phi) is 5.96. The summed E-state index contributed by atoms with van der Waals surface area (Å²) in [5, 5.41) is 0. The topological polar surface area (TPSA) is 74.7 Å². The first-order valence-corrected chi connectivity index (χ1v) is 6.43. The van der Waals surface area contributed by atoms with E-state index in [1.54, 1.807) is 26.8 Å². The molecule has 0 amide bonds. The van der Waals surface area contributed by atoms with Gasteiger partial charge in [0, 0.05) is 6.07 Å². The van der Waals surface area contributed by atoms with Crippen LogP contribution in [-0.2, 0) is 14.3 Å². The lowest BCUT2D eigenvalue weighted by Gasteiger charge is -2.14. The van der Waals surface area contributed by atoms with Gasteiger partial charge in [0.25, 0.3) is 0 Å². The monoisotopic (exact) mass is 281 g/mol. The van der Waals surface area contributed by atoms with Crippen molar-refractivity contribution in [2.75, 3.05) is 20.3 Å². The lowest BCUT2D eigenvalue weighted by molar-refractivity contribution is -0.144. The van der Waals surface area contributed by atoms with E-state index in [0.29, 0.717) is 11.6 Å². The van der Waals surface area contributed by atoms with Crippen molar-refractivity contribution in [3.8, 4) is 5.88 Å². The Morgan fingerprint density at radius 3 is 2.40 bits per heavy atom. The normalized spacial score (nSPS) is 11.6. The fourth-order valence-corrected chi connectivity index (χ4v) is 1.66. The summed E-state index contributed by atoms with van der Waals surface area (Å²) in [5.74, 6) is -1.32. The van der Waals surface area contributed by atoms with Crippen LogP contribution in [0.5, 0.6) is 5.88 Å². The molecule has 1 aromatic rings. The minimum Gasteiger partial charge on any atom is -0.481 e. The molecule has 1 heterocycles. The highest BCUT2D eigenvalue weighted by molar-refractivity contribution is 5.93. The minimum absolute atomic E-state index is 0.244. The molecule has 0 aromatic carbocycles. The summed E-state index contributed by atoms with van der Waals surface area (Å²) in [6.45, 7) is 5.57. The average molecular weight is 281 g/mol. The summed E-state index contributed by atoms with van der Waals surface area (Å²) in [5.41, 5.74) is 0.537. The molecule has 6 heteroatoms. The maximum atomic E-state index is 11.9. The summed E-state index contributed by atoms with van der Waals surface area (Å²) in [6.07, 6.45) is 0. The number of nitrogens with zero attached hydrogens (tertiary/aromatic N) is 1. The molecule has 110 valence electrons. The minimum atomic E-state index is -0.676. The molecule has 1 unspecified atom stereocenters. The summed E-state index contributed by atoms with van der Waals surface area (Å²) in [7, 11) is 1.46. The first-order valence-electron chi connectivity index (χ1n) is 6.43.